The second-order valence-electron chi connectivity index (χ2n) is 8.81. The van der Waals surface area contributed by atoms with Gasteiger partial charge in [0.1, 0.15) is 12.6 Å². The van der Waals surface area contributed by atoms with Gasteiger partial charge in [0.15, 0.2) is 0 Å². The van der Waals surface area contributed by atoms with Crippen LogP contribution in [0.25, 0.3) is 0 Å². The lowest BCUT2D eigenvalue weighted by molar-refractivity contribution is -0.140. The van der Waals surface area contributed by atoms with Gasteiger partial charge in [-0.25, -0.2) is 8.42 Å². The molecular formula is C25H31Cl2N3O4S. The second-order valence-corrected chi connectivity index (χ2v) is 11.6. The Labute approximate surface area is 217 Å². The molecule has 190 valence electrons. The smallest absolute Gasteiger partial charge is 0.244 e. The van der Waals surface area contributed by atoms with Crippen molar-refractivity contribution in [2.24, 2.45) is 0 Å². The Hall–Kier alpha value is -2.29. The van der Waals surface area contributed by atoms with E-state index in [1.165, 1.54) is 4.90 Å². The van der Waals surface area contributed by atoms with Gasteiger partial charge in [0.25, 0.3) is 0 Å². The fourth-order valence-electron chi connectivity index (χ4n) is 4.29. The van der Waals surface area contributed by atoms with Crippen molar-refractivity contribution in [2.45, 2.75) is 57.7 Å². The third-order valence-electron chi connectivity index (χ3n) is 6.15. The molecule has 0 bridgehead atoms. The van der Waals surface area contributed by atoms with Gasteiger partial charge >= 0.3 is 0 Å². The number of nitrogens with zero attached hydrogens (tertiary/aromatic N) is 2. The predicted octanol–water partition coefficient (Wildman–Crippen LogP) is 4.63. The highest BCUT2D eigenvalue weighted by Crippen LogP contribution is 2.23. The van der Waals surface area contributed by atoms with Crippen molar-refractivity contribution < 1.29 is 18.0 Å². The molecule has 0 aliphatic heterocycles. The fraction of sp³-hybridized carbons (Fsp3) is 0.440. The first-order chi connectivity index (χ1) is 16.6. The lowest BCUT2D eigenvalue weighted by Crippen LogP contribution is -2.53. The third kappa shape index (κ3) is 7.59. The molecule has 1 atom stereocenters. The number of anilines is 1. The lowest BCUT2D eigenvalue weighted by atomic mass is 10.1. The van der Waals surface area contributed by atoms with Crippen molar-refractivity contribution in [3.05, 3.63) is 64.1 Å². The molecular weight excluding hydrogens is 509 g/mol. The molecule has 2 aromatic carbocycles. The number of carbonyl (C=O) groups excluding carboxylic acids is 2. The third-order valence-corrected chi connectivity index (χ3v) is 7.79. The molecule has 2 amide bonds. The Balaban J connectivity index is 1.90. The summed E-state index contributed by atoms with van der Waals surface area (Å²) in [5.41, 5.74) is 1.10. The summed E-state index contributed by atoms with van der Waals surface area (Å²) in [6.07, 6.45) is 5.41. The van der Waals surface area contributed by atoms with Crippen molar-refractivity contribution in [3.8, 4) is 0 Å². The van der Waals surface area contributed by atoms with E-state index in [2.05, 4.69) is 5.32 Å². The van der Waals surface area contributed by atoms with E-state index in [1.54, 1.807) is 48.5 Å². The number of hydrogen-bond donors (Lipinski definition) is 1. The van der Waals surface area contributed by atoms with Gasteiger partial charge in [-0.3, -0.25) is 13.9 Å². The van der Waals surface area contributed by atoms with Crippen LogP contribution in [0.15, 0.2) is 48.5 Å². The van der Waals surface area contributed by atoms with Crippen molar-refractivity contribution in [2.75, 3.05) is 17.1 Å². The first-order valence-electron chi connectivity index (χ1n) is 11.7. The van der Waals surface area contributed by atoms with Crippen LogP contribution in [0.5, 0.6) is 0 Å². The number of amides is 2. The molecule has 2 aromatic rings. The van der Waals surface area contributed by atoms with Gasteiger partial charge in [0, 0.05) is 22.6 Å². The first-order valence-corrected chi connectivity index (χ1v) is 14.3. The standard InChI is InChI=1S/C25H31Cl2N3O4S/c1-3-23(25(32)28-21-6-4-5-7-21)29(16-18-8-10-19(26)11-9-18)24(31)17-30(35(2,33)34)22-14-12-20(27)13-15-22/h8-15,21,23H,3-7,16-17H2,1-2H3,(H,28,32)/t23-/m0/s1. The summed E-state index contributed by atoms with van der Waals surface area (Å²) in [5, 5.41) is 4.09. The number of rotatable bonds is 10. The average Bonchev–Trinajstić information content (AvgIpc) is 3.31. The second kappa shape index (κ2) is 12.1. The summed E-state index contributed by atoms with van der Waals surface area (Å²) in [6.45, 7) is 1.54. The molecule has 0 aromatic heterocycles. The van der Waals surface area contributed by atoms with E-state index in [-0.39, 0.29) is 18.5 Å². The van der Waals surface area contributed by atoms with Crippen molar-refractivity contribution >= 4 is 50.7 Å². The van der Waals surface area contributed by atoms with E-state index in [0.29, 0.717) is 22.2 Å². The molecule has 10 heteroatoms. The van der Waals surface area contributed by atoms with E-state index < -0.39 is 28.5 Å². The minimum Gasteiger partial charge on any atom is -0.352 e. The van der Waals surface area contributed by atoms with E-state index in [9.17, 15) is 18.0 Å². The van der Waals surface area contributed by atoms with Crippen LogP contribution in [0, 0.1) is 0 Å². The topological polar surface area (TPSA) is 86.8 Å². The van der Waals surface area contributed by atoms with Crippen LogP contribution in [0.2, 0.25) is 10.0 Å². The Morgan fingerprint density at radius 2 is 1.54 bits per heavy atom. The van der Waals surface area contributed by atoms with Gasteiger partial charge in [-0.15, -0.1) is 0 Å². The van der Waals surface area contributed by atoms with Crippen LogP contribution in [0.3, 0.4) is 0 Å². The summed E-state index contributed by atoms with van der Waals surface area (Å²) >= 11 is 12.0. The molecule has 7 nitrogen and oxygen atoms in total. The highest BCUT2D eigenvalue weighted by atomic mass is 35.5. The number of nitrogens with one attached hydrogen (secondary N) is 1. The maximum absolute atomic E-state index is 13.6. The molecule has 35 heavy (non-hydrogen) atoms. The number of sulfonamides is 1. The van der Waals surface area contributed by atoms with Crippen LogP contribution in [0.4, 0.5) is 5.69 Å². The maximum Gasteiger partial charge on any atom is 0.244 e. The van der Waals surface area contributed by atoms with Gasteiger partial charge in [0.05, 0.1) is 11.9 Å². The number of halogens is 2. The van der Waals surface area contributed by atoms with Crippen molar-refractivity contribution in [1.29, 1.82) is 0 Å². The number of benzene rings is 2. The largest absolute Gasteiger partial charge is 0.352 e. The molecule has 1 fully saturated rings. The van der Waals surface area contributed by atoms with Gasteiger partial charge in [-0.05, 0) is 61.2 Å². The highest BCUT2D eigenvalue weighted by molar-refractivity contribution is 7.92. The minimum absolute atomic E-state index is 0.102. The predicted molar refractivity (Wildman–Crippen MR) is 140 cm³/mol. The zero-order chi connectivity index (χ0) is 25.6. The fourth-order valence-corrected chi connectivity index (χ4v) is 5.40. The number of hydrogen-bond acceptors (Lipinski definition) is 4. The van der Waals surface area contributed by atoms with Crippen LogP contribution < -0.4 is 9.62 Å². The Kier molecular flexibility index (Phi) is 9.44. The van der Waals surface area contributed by atoms with Gasteiger partial charge in [-0.2, -0.15) is 0 Å². The summed E-state index contributed by atoms with van der Waals surface area (Å²) in [7, 11) is -3.78. The molecule has 3 rings (SSSR count). The average molecular weight is 541 g/mol. The molecule has 1 aliphatic rings. The summed E-state index contributed by atoms with van der Waals surface area (Å²) in [4.78, 5) is 28.3. The Morgan fingerprint density at radius 1 is 1.00 bits per heavy atom. The van der Waals surface area contributed by atoms with Crippen LogP contribution >= 0.6 is 23.2 Å². The molecule has 0 unspecified atom stereocenters. The normalized spacial score (nSPS) is 15.0. The highest BCUT2D eigenvalue weighted by Gasteiger charge is 2.33. The molecule has 0 spiro atoms. The van der Waals surface area contributed by atoms with Gasteiger partial charge < -0.3 is 10.2 Å². The summed E-state index contributed by atoms with van der Waals surface area (Å²) in [6, 6.07) is 12.6. The van der Waals surface area contributed by atoms with E-state index >= 15 is 0 Å². The molecule has 1 N–H and O–H groups in total. The monoisotopic (exact) mass is 539 g/mol. The molecule has 1 aliphatic carbocycles. The van der Waals surface area contributed by atoms with Crippen LogP contribution in [0.1, 0.15) is 44.6 Å². The molecule has 0 heterocycles. The summed E-state index contributed by atoms with van der Waals surface area (Å²) < 4.78 is 26.2. The molecule has 1 saturated carbocycles. The SMILES string of the molecule is CC[C@@H](C(=O)NC1CCCC1)N(Cc1ccc(Cl)cc1)C(=O)CN(c1ccc(Cl)cc1)S(C)(=O)=O. The maximum atomic E-state index is 13.6. The van der Waals surface area contributed by atoms with Crippen LogP contribution in [-0.2, 0) is 26.2 Å². The van der Waals surface area contributed by atoms with Crippen molar-refractivity contribution in [3.63, 3.8) is 0 Å². The zero-order valence-electron chi connectivity index (χ0n) is 19.9. The molecule has 0 saturated heterocycles. The van der Waals surface area contributed by atoms with E-state index in [1.807, 2.05) is 6.92 Å². The Bertz CT molecular complexity index is 1120. The van der Waals surface area contributed by atoms with E-state index in [4.69, 9.17) is 23.2 Å². The van der Waals surface area contributed by atoms with Gasteiger partial charge in [-0.1, -0.05) is 55.1 Å². The first kappa shape index (κ1) is 27.3. The summed E-state index contributed by atoms with van der Waals surface area (Å²) in [5.74, 6) is -0.701. The van der Waals surface area contributed by atoms with Crippen LogP contribution in [-0.4, -0.2) is 50.0 Å². The minimum atomic E-state index is -3.78. The Morgan fingerprint density at radius 3 is 2.06 bits per heavy atom. The van der Waals surface area contributed by atoms with Crippen molar-refractivity contribution in [1.82, 2.24) is 10.2 Å². The van der Waals surface area contributed by atoms with Gasteiger partial charge in [0.2, 0.25) is 21.8 Å². The lowest BCUT2D eigenvalue weighted by Gasteiger charge is -2.33. The van der Waals surface area contributed by atoms with E-state index in [0.717, 1.165) is 41.8 Å². The quantitative estimate of drug-likeness (QED) is 0.476. The molecule has 0 radical (unpaired) electrons. The zero-order valence-corrected chi connectivity index (χ0v) is 22.2. The number of carbonyl (C=O) groups is 2.